The van der Waals surface area contributed by atoms with Crippen LogP contribution in [0.15, 0.2) is 45.6 Å². The van der Waals surface area contributed by atoms with E-state index in [1.807, 2.05) is 4.90 Å². The van der Waals surface area contributed by atoms with Gasteiger partial charge in [0.15, 0.2) is 17.0 Å². The molecule has 0 saturated heterocycles. The van der Waals surface area contributed by atoms with Gasteiger partial charge < -0.3 is 40.6 Å². The molecule has 43 heavy (non-hydrogen) atoms. The maximum absolute atomic E-state index is 14.2. The first-order chi connectivity index (χ1) is 20.2. The summed E-state index contributed by atoms with van der Waals surface area (Å²) < 4.78 is 6.05. The van der Waals surface area contributed by atoms with Crippen LogP contribution in [-0.2, 0) is 20.8 Å². The van der Waals surface area contributed by atoms with E-state index in [1.54, 1.807) is 34.3 Å². The molecule has 3 aliphatic rings. The summed E-state index contributed by atoms with van der Waals surface area (Å²) in [6.07, 6.45) is 0.220. The summed E-state index contributed by atoms with van der Waals surface area (Å²) in [4.78, 5) is 47.5. The van der Waals surface area contributed by atoms with Gasteiger partial charge in [-0.2, -0.15) is 0 Å². The molecule has 13 nitrogen and oxygen atoms in total. The van der Waals surface area contributed by atoms with Gasteiger partial charge in [0.2, 0.25) is 11.7 Å². The van der Waals surface area contributed by atoms with Gasteiger partial charge in [0.1, 0.15) is 34.1 Å². The average Bonchev–Trinajstić information content (AvgIpc) is 3.33. The van der Waals surface area contributed by atoms with Gasteiger partial charge in [0.05, 0.1) is 17.2 Å². The minimum Gasteiger partial charge on any atom is -0.508 e. The van der Waals surface area contributed by atoms with Gasteiger partial charge >= 0.3 is 0 Å². The number of fused-ring (bicyclic) bond motifs is 5. The lowest BCUT2D eigenvalue weighted by molar-refractivity contribution is -0.153. The number of aromatic nitrogens is 1. The minimum atomic E-state index is -2.70. The summed E-state index contributed by atoms with van der Waals surface area (Å²) in [5.41, 5.74) is 3.68. The van der Waals surface area contributed by atoms with E-state index in [9.17, 15) is 39.9 Å². The zero-order chi connectivity index (χ0) is 31.3. The number of ketones is 2. The number of rotatable bonds is 4. The highest BCUT2D eigenvalue weighted by atomic mass is 16.4. The Kier molecular flexibility index (Phi) is 6.12. The van der Waals surface area contributed by atoms with E-state index in [-0.39, 0.29) is 52.5 Å². The number of amides is 1. The van der Waals surface area contributed by atoms with Crippen LogP contribution in [-0.4, -0.2) is 92.7 Å². The smallest absolute Gasteiger partial charge is 0.255 e. The Morgan fingerprint density at radius 1 is 1.09 bits per heavy atom. The normalized spacial score (nSPS) is 25.2. The van der Waals surface area contributed by atoms with Crippen LogP contribution < -0.4 is 10.6 Å². The van der Waals surface area contributed by atoms with Crippen molar-refractivity contribution in [2.45, 2.75) is 24.5 Å². The first-order valence-electron chi connectivity index (χ1n) is 13.5. The molecule has 0 spiro atoms. The number of hydrogen-bond donors (Lipinski definition) is 6. The number of Topliss-reactive ketones (excluding diaryl/α,β-unsaturated/α-hetero) is 2. The fourth-order valence-corrected chi connectivity index (χ4v) is 6.90. The summed E-state index contributed by atoms with van der Waals surface area (Å²) in [7, 11) is 6.71. The van der Waals surface area contributed by atoms with Crippen LogP contribution in [0.2, 0.25) is 0 Å². The summed E-state index contributed by atoms with van der Waals surface area (Å²) >= 11 is 0. The maximum atomic E-state index is 14.2. The summed E-state index contributed by atoms with van der Waals surface area (Å²) in [5, 5.41) is 54.8. The highest BCUT2D eigenvalue weighted by Gasteiger charge is 2.64. The Morgan fingerprint density at radius 3 is 2.40 bits per heavy atom. The lowest BCUT2D eigenvalue weighted by Crippen LogP contribution is -2.65. The summed E-state index contributed by atoms with van der Waals surface area (Å²) in [6, 6.07) is 4.49. The number of hydrogen-bond acceptors (Lipinski definition) is 12. The fourth-order valence-electron chi connectivity index (χ4n) is 6.90. The first kappa shape index (κ1) is 28.2. The number of phenols is 2. The molecular weight excluding hydrogens is 560 g/mol. The molecule has 13 heteroatoms. The van der Waals surface area contributed by atoms with E-state index in [4.69, 9.17) is 10.2 Å². The van der Waals surface area contributed by atoms with Gasteiger partial charge in [0.25, 0.3) is 5.91 Å². The number of anilines is 1. The molecule has 0 bridgehead atoms. The van der Waals surface area contributed by atoms with Gasteiger partial charge in [-0.05, 0) is 56.6 Å². The van der Waals surface area contributed by atoms with Crippen LogP contribution in [0, 0.1) is 11.8 Å². The largest absolute Gasteiger partial charge is 0.508 e. The average molecular weight is 591 g/mol. The highest BCUT2D eigenvalue weighted by molar-refractivity contribution is 6.24. The van der Waals surface area contributed by atoms with E-state index in [2.05, 4.69) is 4.98 Å². The number of phenolic OH excluding ortho intramolecular Hbond substituents is 2. The number of nitrogens with two attached hydrogens (primary N) is 1. The molecule has 4 atom stereocenters. The molecular formula is C30H30N4O9. The zero-order valence-electron chi connectivity index (χ0n) is 23.7. The predicted octanol–water partition coefficient (Wildman–Crippen LogP) is 1.54. The molecule has 0 radical (unpaired) electrons. The van der Waals surface area contributed by atoms with E-state index >= 15 is 0 Å². The van der Waals surface area contributed by atoms with Crippen molar-refractivity contribution in [3.8, 4) is 23.0 Å². The van der Waals surface area contributed by atoms with E-state index in [1.165, 1.54) is 17.0 Å². The maximum Gasteiger partial charge on any atom is 0.255 e. The Labute approximate surface area is 244 Å². The van der Waals surface area contributed by atoms with Crippen LogP contribution in [0.1, 0.15) is 17.5 Å². The third kappa shape index (κ3) is 3.78. The van der Waals surface area contributed by atoms with Crippen molar-refractivity contribution < 1.29 is 44.3 Å². The summed E-state index contributed by atoms with van der Waals surface area (Å²) in [6.45, 7) is 0. The van der Waals surface area contributed by atoms with Crippen LogP contribution in [0.25, 0.3) is 28.3 Å². The predicted molar refractivity (Wildman–Crippen MR) is 153 cm³/mol. The van der Waals surface area contributed by atoms with Crippen molar-refractivity contribution in [3.63, 3.8) is 0 Å². The van der Waals surface area contributed by atoms with Gasteiger partial charge in [-0.3, -0.25) is 19.3 Å². The number of benzene rings is 2. The molecule has 1 aromatic heterocycles. The lowest BCUT2D eigenvalue weighted by atomic mass is 9.57. The monoisotopic (exact) mass is 590 g/mol. The Morgan fingerprint density at radius 2 is 1.79 bits per heavy atom. The number of aliphatic hydroxyl groups is 3. The van der Waals surface area contributed by atoms with Crippen molar-refractivity contribution in [3.05, 3.63) is 52.3 Å². The number of carbonyl (C=O) groups is 3. The Bertz CT molecular complexity index is 1840. The molecule has 3 aliphatic carbocycles. The van der Waals surface area contributed by atoms with Crippen molar-refractivity contribution in [1.29, 1.82) is 0 Å². The van der Waals surface area contributed by atoms with Crippen molar-refractivity contribution in [1.82, 2.24) is 9.88 Å². The Hall–Kier alpha value is -4.88. The van der Waals surface area contributed by atoms with Gasteiger partial charge in [0, 0.05) is 37.3 Å². The van der Waals surface area contributed by atoms with Crippen LogP contribution >= 0.6 is 0 Å². The summed E-state index contributed by atoms with van der Waals surface area (Å²) in [5.74, 6) is -7.03. The van der Waals surface area contributed by atoms with Gasteiger partial charge in [-0.15, -0.1) is 0 Å². The molecule has 6 rings (SSSR count). The minimum absolute atomic E-state index is 0.00881. The molecule has 1 heterocycles. The fraction of sp³-hybridized carbons (Fsp3) is 0.333. The molecule has 1 fully saturated rings. The standard InChI is InChI=1S/C30H30N4O9/c1-33(2)17-10-16-25(43-29(32-16)13-6-5-12(35)9-18(13)36)20-14(17)7-11-8-15-22(34(3)4)24(38)21(28(31)41)27(40)30(15,42)26(39)19(11)23(20)37/h5-6,9-11,15,22,35-37,40,42H,7-8H2,1-4H3,(H2,31,41)/t11-,15-,22-,30-/m0/s1. The van der Waals surface area contributed by atoms with Gasteiger partial charge in [-0.25, -0.2) is 4.98 Å². The number of carbonyl (C=O) groups excluding carboxylic acids is 3. The van der Waals surface area contributed by atoms with Crippen LogP contribution in [0.3, 0.4) is 0 Å². The second kappa shape index (κ2) is 9.31. The third-order valence-corrected chi connectivity index (χ3v) is 8.77. The first-order valence-corrected chi connectivity index (χ1v) is 13.5. The lowest BCUT2D eigenvalue weighted by Gasteiger charge is -2.50. The quantitative estimate of drug-likeness (QED) is 0.239. The SMILES string of the molecule is CN(C)c1cc2nc(-c3ccc(O)cc3O)oc2c2c1C[C@H]1C[C@H]3[C@H](N(C)C)C(=O)C(C(N)=O)=C(O)[C@@]3(O)C(=O)C1=C2O. The number of aliphatic hydroxyl groups excluding tert-OH is 2. The number of aromatic hydroxyl groups is 2. The second-order valence-electron chi connectivity index (χ2n) is 11.7. The molecule has 224 valence electrons. The molecule has 0 aliphatic heterocycles. The third-order valence-electron chi connectivity index (χ3n) is 8.77. The topological polar surface area (TPSA) is 211 Å². The molecule has 3 aromatic rings. The molecule has 1 amide bonds. The molecule has 2 aromatic carbocycles. The molecule has 7 N–H and O–H groups in total. The van der Waals surface area contributed by atoms with Crippen molar-refractivity contribution >= 4 is 40.0 Å². The van der Waals surface area contributed by atoms with Crippen LogP contribution in [0.5, 0.6) is 11.5 Å². The van der Waals surface area contributed by atoms with Crippen molar-refractivity contribution in [2.24, 2.45) is 17.6 Å². The number of likely N-dealkylation sites (N-methyl/N-ethyl adjacent to an activating group) is 1. The molecule has 1 saturated carbocycles. The van der Waals surface area contributed by atoms with E-state index in [0.29, 0.717) is 16.8 Å². The van der Waals surface area contributed by atoms with Crippen molar-refractivity contribution in [2.75, 3.05) is 33.1 Å². The molecule has 0 unspecified atom stereocenters. The van der Waals surface area contributed by atoms with Gasteiger partial charge in [-0.1, -0.05) is 0 Å². The number of primary amides is 1. The highest BCUT2D eigenvalue weighted by Crippen LogP contribution is 2.53. The number of nitrogens with zero attached hydrogens (tertiary/aromatic N) is 3. The second-order valence-corrected chi connectivity index (χ2v) is 11.7. The zero-order valence-corrected chi connectivity index (χ0v) is 23.7. The Balaban J connectivity index is 1.61. The van der Waals surface area contributed by atoms with E-state index in [0.717, 1.165) is 6.07 Å². The van der Waals surface area contributed by atoms with Crippen LogP contribution in [0.4, 0.5) is 5.69 Å². The van der Waals surface area contributed by atoms with E-state index < -0.39 is 58.0 Å². The number of oxazole rings is 1.